The number of nitrogens with one attached hydrogen (secondary N) is 1. The molecule has 0 aromatic heterocycles. The van der Waals surface area contributed by atoms with Gasteiger partial charge in [0.15, 0.2) is 0 Å². The fraction of sp³-hybridized carbons (Fsp3) is 0.647. The first kappa shape index (κ1) is 13.7. The van der Waals surface area contributed by atoms with Crippen LogP contribution in [0.4, 0.5) is 5.69 Å². The Hall–Kier alpha value is -1.22. The Labute approximate surface area is 122 Å². The Morgan fingerprint density at radius 1 is 0.950 bits per heavy atom. The fourth-order valence-electron chi connectivity index (χ4n) is 3.47. The molecule has 0 unspecified atom stereocenters. The molecular weight excluding hydrogens is 248 g/mol. The smallest absolute Gasteiger partial charge is 0.119 e. The summed E-state index contributed by atoms with van der Waals surface area (Å²) in [5, 5.41) is 3.43. The summed E-state index contributed by atoms with van der Waals surface area (Å²) in [4.78, 5) is 2.69. The number of rotatable bonds is 5. The van der Waals surface area contributed by atoms with Gasteiger partial charge >= 0.3 is 0 Å². The number of hydrogen-bond acceptors (Lipinski definition) is 3. The normalized spacial score (nSPS) is 26.3. The first-order valence-electron chi connectivity index (χ1n) is 7.91. The molecule has 0 bridgehead atoms. The molecule has 3 rings (SSSR count). The van der Waals surface area contributed by atoms with Crippen molar-refractivity contribution in [3.8, 4) is 5.75 Å². The zero-order valence-corrected chi connectivity index (χ0v) is 12.6. The van der Waals surface area contributed by atoms with Gasteiger partial charge in [-0.15, -0.1) is 0 Å². The lowest BCUT2D eigenvalue weighted by atomic mass is 9.90. The number of methoxy groups -OCH3 is 1. The average Bonchev–Trinajstić information content (AvgIpc) is 3.34. The van der Waals surface area contributed by atoms with Gasteiger partial charge in [-0.25, -0.2) is 0 Å². The number of benzene rings is 1. The van der Waals surface area contributed by atoms with Gasteiger partial charge in [0.25, 0.3) is 0 Å². The highest BCUT2D eigenvalue weighted by Crippen LogP contribution is 2.38. The minimum Gasteiger partial charge on any atom is -0.497 e. The minimum atomic E-state index is 0.723. The van der Waals surface area contributed by atoms with E-state index in [9.17, 15) is 0 Å². The van der Waals surface area contributed by atoms with Crippen LogP contribution in [0.2, 0.25) is 0 Å². The van der Waals surface area contributed by atoms with Gasteiger partial charge in [-0.3, -0.25) is 0 Å². The van der Waals surface area contributed by atoms with Crippen molar-refractivity contribution in [2.75, 3.05) is 19.1 Å². The van der Waals surface area contributed by atoms with E-state index in [2.05, 4.69) is 41.5 Å². The first-order valence-corrected chi connectivity index (χ1v) is 7.91. The number of anilines is 1. The lowest BCUT2D eigenvalue weighted by molar-refractivity contribution is 0.343. The Balaban J connectivity index is 1.72. The van der Waals surface area contributed by atoms with Crippen molar-refractivity contribution >= 4 is 5.69 Å². The zero-order valence-electron chi connectivity index (χ0n) is 12.6. The molecule has 20 heavy (non-hydrogen) atoms. The maximum absolute atomic E-state index is 5.27. The fourth-order valence-corrected chi connectivity index (χ4v) is 3.47. The van der Waals surface area contributed by atoms with Crippen molar-refractivity contribution in [2.24, 2.45) is 0 Å². The van der Waals surface area contributed by atoms with Gasteiger partial charge < -0.3 is 15.0 Å². The van der Waals surface area contributed by atoms with E-state index in [4.69, 9.17) is 4.74 Å². The quantitative estimate of drug-likeness (QED) is 0.892. The molecule has 1 N–H and O–H groups in total. The van der Waals surface area contributed by atoms with Crippen LogP contribution in [0, 0.1) is 0 Å². The molecule has 2 saturated carbocycles. The molecule has 0 heterocycles. The van der Waals surface area contributed by atoms with Crippen LogP contribution >= 0.6 is 0 Å². The van der Waals surface area contributed by atoms with E-state index in [-0.39, 0.29) is 0 Å². The van der Waals surface area contributed by atoms with Gasteiger partial charge in [-0.05, 0) is 69.8 Å². The van der Waals surface area contributed by atoms with Crippen LogP contribution in [0.25, 0.3) is 0 Å². The Bertz CT molecular complexity index is 419. The molecule has 0 radical (unpaired) electrons. The number of hydrogen-bond donors (Lipinski definition) is 1. The minimum absolute atomic E-state index is 0.723. The highest BCUT2D eigenvalue weighted by atomic mass is 16.5. The molecule has 1 aromatic rings. The van der Waals surface area contributed by atoms with Crippen molar-refractivity contribution in [3.63, 3.8) is 0 Å². The third-order valence-corrected chi connectivity index (χ3v) is 4.81. The third kappa shape index (κ3) is 2.93. The van der Waals surface area contributed by atoms with Gasteiger partial charge in [-0.1, -0.05) is 0 Å². The van der Waals surface area contributed by atoms with Crippen molar-refractivity contribution < 1.29 is 4.74 Å². The van der Waals surface area contributed by atoms with Crippen molar-refractivity contribution in [1.29, 1.82) is 0 Å². The zero-order chi connectivity index (χ0) is 13.9. The lowest BCUT2D eigenvalue weighted by Crippen LogP contribution is -2.43. The van der Waals surface area contributed by atoms with Gasteiger partial charge in [0.2, 0.25) is 0 Å². The van der Waals surface area contributed by atoms with E-state index >= 15 is 0 Å². The summed E-state index contributed by atoms with van der Waals surface area (Å²) >= 11 is 0. The van der Waals surface area contributed by atoms with E-state index in [1.165, 1.54) is 44.2 Å². The van der Waals surface area contributed by atoms with Gasteiger partial charge in [0.05, 0.1) is 7.11 Å². The summed E-state index contributed by atoms with van der Waals surface area (Å²) in [6.45, 7) is 0. The van der Waals surface area contributed by atoms with E-state index in [1.54, 1.807) is 7.11 Å². The Morgan fingerprint density at radius 3 is 1.95 bits per heavy atom. The van der Waals surface area contributed by atoms with E-state index in [0.717, 1.165) is 23.9 Å². The second kappa shape index (κ2) is 6.04. The predicted molar refractivity (Wildman–Crippen MR) is 83.6 cm³/mol. The van der Waals surface area contributed by atoms with Crippen LogP contribution in [-0.2, 0) is 0 Å². The number of ether oxygens (including phenoxy) is 1. The molecule has 0 amide bonds. The molecule has 0 saturated heterocycles. The SMILES string of the molecule is CN[C@H]1CC[C@H](N(c2ccc(OC)cc2)C2CC2)CC1. The van der Waals surface area contributed by atoms with Crippen LogP contribution in [-0.4, -0.2) is 32.3 Å². The van der Waals surface area contributed by atoms with Crippen LogP contribution in [0.1, 0.15) is 38.5 Å². The van der Waals surface area contributed by atoms with E-state index in [0.29, 0.717) is 0 Å². The molecule has 110 valence electrons. The van der Waals surface area contributed by atoms with Crippen molar-refractivity contribution in [3.05, 3.63) is 24.3 Å². The molecule has 2 aliphatic rings. The molecule has 1 aromatic carbocycles. The van der Waals surface area contributed by atoms with Gasteiger partial charge in [-0.2, -0.15) is 0 Å². The summed E-state index contributed by atoms with van der Waals surface area (Å²) in [6.07, 6.45) is 7.96. The Kier molecular flexibility index (Phi) is 4.16. The second-order valence-corrected chi connectivity index (χ2v) is 6.13. The van der Waals surface area contributed by atoms with Crippen LogP contribution in [0.3, 0.4) is 0 Å². The predicted octanol–water partition coefficient (Wildman–Crippen LogP) is 3.19. The maximum atomic E-state index is 5.27. The molecule has 2 fully saturated rings. The topological polar surface area (TPSA) is 24.5 Å². The molecule has 3 heteroatoms. The maximum Gasteiger partial charge on any atom is 0.119 e. The molecule has 0 aliphatic heterocycles. The average molecular weight is 274 g/mol. The summed E-state index contributed by atoms with van der Waals surface area (Å²) in [5.74, 6) is 0.948. The summed E-state index contributed by atoms with van der Waals surface area (Å²) in [6, 6.07) is 10.8. The monoisotopic (exact) mass is 274 g/mol. The molecule has 0 atom stereocenters. The van der Waals surface area contributed by atoms with Crippen LogP contribution in [0.5, 0.6) is 5.75 Å². The van der Waals surface area contributed by atoms with Gasteiger partial charge in [0, 0.05) is 23.8 Å². The summed E-state index contributed by atoms with van der Waals surface area (Å²) in [5.41, 5.74) is 1.38. The number of nitrogens with zero attached hydrogens (tertiary/aromatic N) is 1. The van der Waals surface area contributed by atoms with Crippen molar-refractivity contribution in [1.82, 2.24) is 5.32 Å². The third-order valence-electron chi connectivity index (χ3n) is 4.81. The van der Waals surface area contributed by atoms with Crippen LogP contribution in [0.15, 0.2) is 24.3 Å². The standard InChI is InChI=1S/C17H26N2O/c1-18-13-3-5-14(6-4-13)19(15-7-8-15)16-9-11-17(20-2)12-10-16/h9-15,18H,3-8H2,1-2H3/t13-,14-. The molecule has 3 nitrogen and oxygen atoms in total. The molecule has 0 spiro atoms. The molecule has 2 aliphatic carbocycles. The van der Waals surface area contributed by atoms with E-state index in [1.807, 2.05) is 0 Å². The van der Waals surface area contributed by atoms with Crippen molar-refractivity contribution in [2.45, 2.75) is 56.7 Å². The molecular formula is C17H26N2O. The summed E-state index contributed by atoms with van der Waals surface area (Å²) < 4.78 is 5.27. The van der Waals surface area contributed by atoms with E-state index < -0.39 is 0 Å². The Morgan fingerprint density at radius 2 is 1.50 bits per heavy atom. The van der Waals surface area contributed by atoms with Gasteiger partial charge in [0.1, 0.15) is 5.75 Å². The lowest BCUT2D eigenvalue weighted by Gasteiger charge is -2.38. The summed E-state index contributed by atoms with van der Waals surface area (Å²) in [7, 11) is 3.82. The first-order chi connectivity index (χ1) is 9.81. The highest BCUT2D eigenvalue weighted by molar-refractivity contribution is 5.52. The largest absolute Gasteiger partial charge is 0.497 e. The second-order valence-electron chi connectivity index (χ2n) is 6.13. The highest BCUT2D eigenvalue weighted by Gasteiger charge is 2.35. The van der Waals surface area contributed by atoms with Crippen LogP contribution < -0.4 is 15.0 Å².